The van der Waals surface area contributed by atoms with Gasteiger partial charge in [-0.3, -0.25) is 14.2 Å². The molecule has 0 bridgehead atoms. The number of fused-ring (bicyclic) bond motifs is 3. The molecule has 1 atom stereocenters. The van der Waals surface area contributed by atoms with Crippen LogP contribution in [-0.4, -0.2) is 15.6 Å². The van der Waals surface area contributed by atoms with Crippen molar-refractivity contribution in [3.63, 3.8) is 0 Å². The summed E-state index contributed by atoms with van der Waals surface area (Å²) >= 11 is 1.30. The van der Waals surface area contributed by atoms with Crippen molar-refractivity contribution in [3.8, 4) is 11.3 Å². The number of thiazole rings is 1. The molecule has 0 spiro atoms. The third-order valence-corrected chi connectivity index (χ3v) is 4.98. The van der Waals surface area contributed by atoms with Crippen LogP contribution in [0, 0.1) is 0 Å². The molecule has 0 fully saturated rings. The molecule has 2 aromatic rings. The van der Waals surface area contributed by atoms with Crippen molar-refractivity contribution < 1.29 is 9.90 Å². The van der Waals surface area contributed by atoms with Gasteiger partial charge in [-0.25, -0.2) is 0 Å². The first-order valence-corrected chi connectivity index (χ1v) is 7.93. The average Bonchev–Trinajstić information content (AvgIpc) is 2.75. The zero-order chi connectivity index (χ0) is 15.0. The monoisotopic (exact) mass is 303 g/mol. The van der Waals surface area contributed by atoms with E-state index in [1.165, 1.54) is 16.9 Å². The molecule has 1 aliphatic rings. The number of hydrogen-bond acceptors (Lipinski definition) is 3. The Morgan fingerprint density at radius 1 is 1.43 bits per heavy atom. The lowest BCUT2D eigenvalue weighted by atomic mass is 9.85. The summed E-state index contributed by atoms with van der Waals surface area (Å²) in [4.78, 5) is 24.0. The van der Waals surface area contributed by atoms with Crippen LogP contribution < -0.4 is 4.87 Å². The summed E-state index contributed by atoms with van der Waals surface area (Å²) in [5, 5.41) is 8.76. The van der Waals surface area contributed by atoms with Gasteiger partial charge in [0.05, 0.1) is 5.69 Å². The van der Waals surface area contributed by atoms with Crippen molar-refractivity contribution in [2.45, 2.75) is 38.6 Å². The number of benzene rings is 1. The first-order valence-electron chi connectivity index (χ1n) is 7.11. The fraction of sp³-hybridized carbons (Fsp3) is 0.375. The number of carboxylic acid groups (broad SMARTS) is 1. The van der Waals surface area contributed by atoms with E-state index in [4.69, 9.17) is 5.11 Å². The van der Waals surface area contributed by atoms with E-state index in [0.717, 1.165) is 22.6 Å². The maximum Gasteiger partial charge on any atom is 0.307 e. The maximum absolute atomic E-state index is 12.2. The van der Waals surface area contributed by atoms with Gasteiger partial charge in [0.15, 0.2) is 0 Å². The number of carbonyl (C=O) groups is 1. The van der Waals surface area contributed by atoms with Crippen molar-refractivity contribution in [1.29, 1.82) is 0 Å². The van der Waals surface area contributed by atoms with E-state index < -0.39 is 5.97 Å². The van der Waals surface area contributed by atoms with Gasteiger partial charge in [0.2, 0.25) is 0 Å². The van der Waals surface area contributed by atoms with Gasteiger partial charge < -0.3 is 5.11 Å². The SMILES string of the molecule is CC1Cc2sc(=O)n(CCCC(=O)O)c2-c2ccccc21. The molecule has 0 amide bonds. The number of aromatic nitrogens is 1. The van der Waals surface area contributed by atoms with Crippen molar-refractivity contribution in [1.82, 2.24) is 4.57 Å². The zero-order valence-electron chi connectivity index (χ0n) is 11.8. The Kier molecular flexibility index (Phi) is 3.68. The van der Waals surface area contributed by atoms with Crippen LogP contribution >= 0.6 is 11.3 Å². The summed E-state index contributed by atoms with van der Waals surface area (Å²) in [6, 6.07) is 8.19. The topological polar surface area (TPSA) is 59.3 Å². The van der Waals surface area contributed by atoms with Crippen LogP contribution in [-0.2, 0) is 17.8 Å². The van der Waals surface area contributed by atoms with E-state index in [9.17, 15) is 9.59 Å². The highest BCUT2D eigenvalue weighted by atomic mass is 32.1. The Morgan fingerprint density at radius 2 is 2.19 bits per heavy atom. The number of hydrogen-bond donors (Lipinski definition) is 1. The van der Waals surface area contributed by atoms with Crippen LogP contribution in [0.15, 0.2) is 29.1 Å². The second-order valence-electron chi connectivity index (χ2n) is 5.48. The Balaban J connectivity index is 2.03. The molecular formula is C16H17NO3S. The first-order chi connectivity index (χ1) is 10.1. The Hall–Kier alpha value is -1.88. The molecule has 1 heterocycles. The highest BCUT2D eigenvalue weighted by Gasteiger charge is 2.26. The lowest BCUT2D eigenvalue weighted by Crippen LogP contribution is -2.17. The molecule has 1 aromatic heterocycles. The summed E-state index contributed by atoms with van der Waals surface area (Å²) in [6.45, 7) is 2.65. The molecule has 21 heavy (non-hydrogen) atoms. The van der Waals surface area contributed by atoms with Gasteiger partial charge in [-0.2, -0.15) is 0 Å². The van der Waals surface area contributed by atoms with E-state index in [1.54, 1.807) is 4.57 Å². The van der Waals surface area contributed by atoms with Crippen molar-refractivity contribution in [2.24, 2.45) is 0 Å². The number of aliphatic carboxylic acids is 1. The molecule has 0 saturated heterocycles. The maximum atomic E-state index is 12.2. The molecule has 110 valence electrons. The van der Waals surface area contributed by atoms with E-state index in [1.807, 2.05) is 12.1 Å². The van der Waals surface area contributed by atoms with Gasteiger partial charge in [0, 0.05) is 23.4 Å². The molecule has 3 rings (SSSR count). The normalized spacial score (nSPS) is 16.3. The van der Waals surface area contributed by atoms with E-state index >= 15 is 0 Å². The first kappa shape index (κ1) is 14.1. The lowest BCUT2D eigenvalue weighted by Gasteiger charge is -2.23. The highest BCUT2D eigenvalue weighted by Crippen LogP contribution is 2.40. The third-order valence-electron chi connectivity index (χ3n) is 3.98. The Bertz CT molecular complexity index is 744. The summed E-state index contributed by atoms with van der Waals surface area (Å²) < 4.78 is 1.76. The average molecular weight is 303 g/mol. The van der Waals surface area contributed by atoms with Crippen molar-refractivity contribution in [3.05, 3.63) is 44.4 Å². The largest absolute Gasteiger partial charge is 0.481 e. The molecular weight excluding hydrogens is 286 g/mol. The van der Waals surface area contributed by atoms with Crippen LogP contribution in [0.2, 0.25) is 0 Å². The summed E-state index contributed by atoms with van der Waals surface area (Å²) in [5.74, 6) is -0.402. The van der Waals surface area contributed by atoms with Crippen LogP contribution in [0.25, 0.3) is 11.3 Å². The molecule has 1 aromatic carbocycles. The molecule has 0 radical (unpaired) electrons. The predicted molar refractivity (Wildman–Crippen MR) is 83.0 cm³/mol. The molecule has 4 nitrogen and oxygen atoms in total. The van der Waals surface area contributed by atoms with Gasteiger partial charge >= 0.3 is 10.8 Å². The Morgan fingerprint density at radius 3 is 2.95 bits per heavy atom. The molecule has 1 unspecified atom stereocenters. The summed E-state index contributed by atoms with van der Waals surface area (Å²) in [5.41, 5.74) is 3.40. The van der Waals surface area contributed by atoms with E-state index in [0.29, 0.717) is 18.9 Å². The van der Waals surface area contributed by atoms with Gasteiger partial charge in [0.25, 0.3) is 0 Å². The molecule has 1 N–H and O–H groups in total. The molecule has 5 heteroatoms. The fourth-order valence-corrected chi connectivity index (χ4v) is 4.16. The molecule has 1 aliphatic carbocycles. The minimum absolute atomic E-state index is 0.0225. The minimum Gasteiger partial charge on any atom is -0.481 e. The van der Waals surface area contributed by atoms with Gasteiger partial charge in [-0.1, -0.05) is 42.5 Å². The lowest BCUT2D eigenvalue weighted by molar-refractivity contribution is -0.137. The van der Waals surface area contributed by atoms with Crippen molar-refractivity contribution >= 4 is 17.3 Å². The second-order valence-corrected chi connectivity index (χ2v) is 6.53. The highest BCUT2D eigenvalue weighted by molar-refractivity contribution is 7.09. The molecule has 0 aliphatic heterocycles. The summed E-state index contributed by atoms with van der Waals surface area (Å²) in [7, 11) is 0. The number of nitrogens with zero attached hydrogens (tertiary/aromatic N) is 1. The van der Waals surface area contributed by atoms with E-state index in [2.05, 4.69) is 19.1 Å². The number of rotatable bonds is 4. The zero-order valence-corrected chi connectivity index (χ0v) is 12.7. The van der Waals surface area contributed by atoms with Crippen LogP contribution in [0.5, 0.6) is 0 Å². The van der Waals surface area contributed by atoms with E-state index in [-0.39, 0.29) is 11.3 Å². The minimum atomic E-state index is -0.818. The van der Waals surface area contributed by atoms with Crippen molar-refractivity contribution in [2.75, 3.05) is 0 Å². The van der Waals surface area contributed by atoms with Gasteiger partial charge in [-0.05, 0) is 24.3 Å². The van der Waals surface area contributed by atoms with Gasteiger partial charge in [-0.15, -0.1) is 0 Å². The third kappa shape index (κ3) is 2.53. The fourth-order valence-electron chi connectivity index (χ4n) is 3.01. The standard InChI is InChI=1S/C16H17NO3S/c1-10-9-13-15(12-6-3-2-5-11(10)12)17(16(20)21-13)8-4-7-14(18)19/h2-3,5-6,10H,4,7-9H2,1H3,(H,18,19). The second kappa shape index (κ2) is 5.48. The Labute approximate surface area is 126 Å². The van der Waals surface area contributed by atoms with Crippen LogP contribution in [0.3, 0.4) is 0 Å². The van der Waals surface area contributed by atoms with Gasteiger partial charge in [0.1, 0.15) is 0 Å². The smallest absolute Gasteiger partial charge is 0.307 e. The van der Waals surface area contributed by atoms with Crippen LogP contribution in [0.1, 0.15) is 36.1 Å². The molecule has 0 saturated carbocycles. The quantitative estimate of drug-likeness (QED) is 0.944. The predicted octanol–water partition coefficient (Wildman–Crippen LogP) is 3.10. The van der Waals surface area contributed by atoms with Crippen LogP contribution in [0.4, 0.5) is 0 Å². The number of carboxylic acids is 1. The summed E-state index contributed by atoms with van der Waals surface area (Å²) in [6.07, 6.45) is 1.46.